The molecule has 1 saturated heterocycles. The van der Waals surface area contributed by atoms with Crippen LogP contribution >= 0.6 is 11.3 Å². The van der Waals surface area contributed by atoms with E-state index in [1.807, 2.05) is 4.90 Å². The number of fused-ring (bicyclic) bond motifs is 1. The molecule has 2 aromatic rings. The summed E-state index contributed by atoms with van der Waals surface area (Å²) in [5.41, 5.74) is 1.82. The lowest BCUT2D eigenvalue weighted by molar-refractivity contribution is -0.895. The van der Waals surface area contributed by atoms with Gasteiger partial charge in [-0.3, -0.25) is 9.59 Å². The third-order valence-corrected chi connectivity index (χ3v) is 6.46. The molecule has 0 unspecified atom stereocenters. The molecule has 2 N–H and O–H groups in total. The van der Waals surface area contributed by atoms with E-state index in [1.165, 1.54) is 29.0 Å². The van der Waals surface area contributed by atoms with Crippen molar-refractivity contribution in [2.24, 2.45) is 0 Å². The van der Waals surface area contributed by atoms with E-state index in [-0.39, 0.29) is 17.6 Å². The highest BCUT2D eigenvalue weighted by Gasteiger charge is 2.28. The summed E-state index contributed by atoms with van der Waals surface area (Å²) in [6, 6.07) is 7.97. The van der Waals surface area contributed by atoms with E-state index >= 15 is 0 Å². The van der Waals surface area contributed by atoms with E-state index in [2.05, 4.69) is 11.4 Å². The van der Waals surface area contributed by atoms with Crippen LogP contribution in [0.2, 0.25) is 0 Å². The Morgan fingerprint density at radius 2 is 2.00 bits per heavy atom. The van der Waals surface area contributed by atoms with Crippen molar-refractivity contribution in [3.8, 4) is 0 Å². The predicted octanol–water partition coefficient (Wildman–Crippen LogP) is 1.36. The lowest BCUT2D eigenvalue weighted by atomic mass is 10.2. The number of carbonyl (C=O) groups is 2. The first-order valence-corrected chi connectivity index (χ1v) is 10.2. The number of quaternary nitrogens is 1. The van der Waals surface area contributed by atoms with Crippen molar-refractivity contribution in [3.05, 3.63) is 51.5 Å². The minimum atomic E-state index is -0.369. The van der Waals surface area contributed by atoms with Gasteiger partial charge in [0.15, 0.2) is 6.54 Å². The molecular formula is C20H23FN3O2S+. The van der Waals surface area contributed by atoms with Crippen LogP contribution in [0, 0.1) is 5.82 Å². The molecule has 1 aliphatic carbocycles. The monoisotopic (exact) mass is 388 g/mol. The molecule has 4 rings (SSSR count). The van der Waals surface area contributed by atoms with Crippen LogP contribution in [-0.2, 0) is 17.6 Å². The molecule has 1 fully saturated rings. The third kappa shape index (κ3) is 4.20. The van der Waals surface area contributed by atoms with Crippen molar-refractivity contribution in [2.75, 3.05) is 38.0 Å². The minimum absolute atomic E-state index is 0.123. The lowest BCUT2D eigenvalue weighted by Gasteiger charge is -2.31. The van der Waals surface area contributed by atoms with Gasteiger partial charge in [0, 0.05) is 10.6 Å². The number of amides is 2. The molecule has 0 atom stereocenters. The number of hydrogen-bond acceptors (Lipinski definition) is 3. The first kappa shape index (κ1) is 18.1. The number of halogens is 1. The van der Waals surface area contributed by atoms with E-state index in [4.69, 9.17) is 0 Å². The van der Waals surface area contributed by atoms with Crippen molar-refractivity contribution in [1.29, 1.82) is 0 Å². The van der Waals surface area contributed by atoms with Crippen LogP contribution in [-0.4, -0.2) is 49.4 Å². The molecule has 142 valence electrons. The number of thiophene rings is 1. The maximum atomic E-state index is 13.2. The number of rotatable bonds is 4. The highest BCUT2D eigenvalue weighted by molar-refractivity contribution is 7.14. The Hall–Kier alpha value is -2.25. The number of anilines is 1. The maximum Gasteiger partial charge on any atom is 0.279 e. The van der Waals surface area contributed by atoms with E-state index in [9.17, 15) is 14.0 Å². The second-order valence-corrected chi connectivity index (χ2v) is 8.33. The molecule has 0 bridgehead atoms. The predicted molar refractivity (Wildman–Crippen MR) is 103 cm³/mol. The fraction of sp³-hybridized carbons (Fsp3) is 0.400. The van der Waals surface area contributed by atoms with Gasteiger partial charge in [-0.2, -0.15) is 0 Å². The Labute approximate surface area is 161 Å². The standard InChI is InChI=1S/C20H22FN3O2S/c21-15-4-2-5-16(12-15)22-19(25)13-23-7-9-24(10-8-23)20(26)18-11-14-3-1-6-17(14)27-18/h2,4-5,11-12H,1,3,6-10,13H2,(H,22,25)/p+1. The zero-order chi connectivity index (χ0) is 18.8. The smallest absolute Gasteiger partial charge is 0.279 e. The van der Waals surface area contributed by atoms with Crippen molar-refractivity contribution >= 4 is 28.8 Å². The highest BCUT2D eigenvalue weighted by Crippen LogP contribution is 2.31. The maximum absolute atomic E-state index is 13.2. The summed E-state index contributed by atoms with van der Waals surface area (Å²) in [5, 5.41) is 2.73. The molecule has 1 aromatic heterocycles. The largest absolute Gasteiger partial charge is 0.327 e. The normalized spacial score (nSPS) is 17.0. The molecule has 2 heterocycles. The van der Waals surface area contributed by atoms with E-state index in [0.717, 1.165) is 35.7 Å². The average molecular weight is 388 g/mol. The first-order valence-electron chi connectivity index (χ1n) is 9.38. The molecule has 0 spiro atoms. The zero-order valence-electron chi connectivity index (χ0n) is 15.1. The highest BCUT2D eigenvalue weighted by atomic mass is 32.1. The molecule has 0 radical (unpaired) electrons. The number of benzene rings is 1. The van der Waals surface area contributed by atoms with Crippen LogP contribution in [0.1, 0.15) is 26.5 Å². The summed E-state index contributed by atoms with van der Waals surface area (Å²) < 4.78 is 13.2. The fourth-order valence-corrected chi connectivity index (χ4v) is 5.01. The molecule has 2 aliphatic rings. The Balaban J connectivity index is 1.27. The summed E-state index contributed by atoms with van der Waals surface area (Å²) in [6.45, 7) is 3.13. The van der Waals surface area contributed by atoms with E-state index < -0.39 is 0 Å². The molecule has 0 saturated carbocycles. The summed E-state index contributed by atoms with van der Waals surface area (Å²) in [6.07, 6.45) is 3.40. The van der Waals surface area contributed by atoms with Crippen LogP contribution < -0.4 is 10.2 Å². The van der Waals surface area contributed by atoms with E-state index in [0.29, 0.717) is 25.3 Å². The summed E-state index contributed by atoms with van der Waals surface area (Å²) in [4.78, 5) is 30.2. The number of carbonyl (C=O) groups excluding carboxylic acids is 2. The minimum Gasteiger partial charge on any atom is -0.327 e. The second kappa shape index (κ2) is 7.78. The third-order valence-electron chi connectivity index (χ3n) is 5.23. The van der Waals surface area contributed by atoms with Gasteiger partial charge in [0.1, 0.15) is 5.82 Å². The molecule has 5 nitrogen and oxygen atoms in total. The van der Waals surface area contributed by atoms with Crippen LogP contribution in [0.15, 0.2) is 30.3 Å². The zero-order valence-corrected chi connectivity index (χ0v) is 15.9. The molecular weight excluding hydrogens is 365 g/mol. The molecule has 2 amide bonds. The Bertz CT molecular complexity index is 837. The van der Waals surface area contributed by atoms with Crippen molar-refractivity contribution in [2.45, 2.75) is 19.3 Å². The van der Waals surface area contributed by atoms with Crippen molar-refractivity contribution in [3.63, 3.8) is 0 Å². The van der Waals surface area contributed by atoms with Gasteiger partial charge in [0.25, 0.3) is 11.8 Å². The van der Waals surface area contributed by atoms with Gasteiger partial charge in [-0.1, -0.05) is 6.07 Å². The number of nitrogens with zero attached hydrogens (tertiary/aromatic N) is 1. The Kier molecular flexibility index (Phi) is 5.22. The molecule has 7 heteroatoms. The summed E-state index contributed by atoms with van der Waals surface area (Å²) >= 11 is 1.64. The number of aryl methyl sites for hydroxylation is 2. The quantitative estimate of drug-likeness (QED) is 0.831. The van der Waals surface area contributed by atoms with Crippen LogP contribution in [0.5, 0.6) is 0 Å². The van der Waals surface area contributed by atoms with Crippen molar-refractivity contribution < 1.29 is 18.9 Å². The van der Waals surface area contributed by atoms with Gasteiger partial charge in [-0.25, -0.2) is 4.39 Å². The number of piperazine rings is 1. The van der Waals surface area contributed by atoms with Gasteiger partial charge < -0.3 is 15.1 Å². The van der Waals surface area contributed by atoms with Crippen LogP contribution in [0.25, 0.3) is 0 Å². The summed E-state index contributed by atoms with van der Waals surface area (Å²) in [5.74, 6) is -0.380. The topological polar surface area (TPSA) is 53.9 Å². The van der Waals surface area contributed by atoms with Crippen LogP contribution in [0.4, 0.5) is 10.1 Å². The molecule has 27 heavy (non-hydrogen) atoms. The van der Waals surface area contributed by atoms with Gasteiger partial charge >= 0.3 is 0 Å². The number of hydrogen-bond donors (Lipinski definition) is 2. The first-order chi connectivity index (χ1) is 13.1. The van der Waals surface area contributed by atoms with Gasteiger partial charge in [-0.15, -0.1) is 11.3 Å². The van der Waals surface area contributed by atoms with Crippen molar-refractivity contribution in [1.82, 2.24) is 4.90 Å². The SMILES string of the molecule is O=C(C[NH+]1CCN(C(=O)c2cc3c(s2)CCC3)CC1)Nc1cccc(F)c1. The van der Waals surface area contributed by atoms with E-state index in [1.54, 1.807) is 23.5 Å². The lowest BCUT2D eigenvalue weighted by Crippen LogP contribution is -3.15. The van der Waals surface area contributed by atoms with Gasteiger partial charge in [-0.05, 0) is 49.1 Å². The summed E-state index contributed by atoms with van der Waals surface area (Å²) in [7, 11) is 0. The van der Waals surface area contributed by atoms with Gasteiger partial charge in [0.05, 0.1) is 31.1 Å². The van der Waals surface area contributed by atoms with Gasteiger partial charge in [0.2, 0.25) is 0 Å². The average Bonchev–Trinajstić information content (AvgIpc) is 3.23. The molecule has 1 aromatic carbocycles. The van der Waals surface area contributed by atoms with Crippen LogP contribution in [0.3, 0.4) is 0 Å². The fourth-order valence-electron chi connectivity index (χ4n) is 3.79. The Morgan fingerprint density at radius 3 is 2.74 bits per heavy atom. The molecule has 1 aliphatic heterocycles. The second-order valence-electron chi connectivity index (χ2n) is 7.19. The Morgan fingerprint density at radius 1 is 1.19 bits per heavy atom. The number of nitrogens with one attached hydrogen (secondary N) is 2.